The molecule has 0 fully saturated rings. The van der Waals surface area contributed by atoms with Crippen LogP contribution in [0.3, 0.4) is 0 Å². The van der Waals surface area contributed by atoms with Crippen LogP contribution in [0.25, 0.3) is 0 Å². The Bertz CT molecular complexity index is 335. The maximum absolute atomic E-state index is 11.4. The highest BCUT2D eigenvalue weighted by Crippen LogP contribution is 2.10. The Balaban J connectivity index is 2.21. The molecule has 1 rings (SSSR count). The second-order valence-corrected chi connectivity index (χ2v) is 4.48. The molecule has 3 nitrogen and oxygen atoms in total. The molecular formula is C14H22N2O. The molecule has 1 N–H and O–H groups in total. The largest absolute Gasteiger partial charge is 0.349 e. The van der Waals surface area contributed by atoms with Crippen LogP contribution >= 0.6 is 0 Å². The van der Waals surface area contributed by atoms with E-state index < -0.39 is 0 Å². The van der Waals surface area contributed by atoms with Crippen LogP contribution in [0.5, 0.6) is 0 Å². The topological polar surface area (TPSA) is 32.3 Å². The van der Waals surface area contributed by atoms with Gasteiger partial charge in [0.1, 0.15) is 0 Å². The van der Waals surface area contributed by atoms with Gasteiger partial charge in [-0.3, -0.25) is 4.79 Å². The average molecular weight is 234 g/mol. The summed E-state index contributed by atoms with van der Waals surface area (Å²) in [5, 5.41) is 3.42. The number of amides is 1. The third-order valence-corrected chi connectivity index (χ3v) is 2.82. The highest BCUT2D eigenvalue weighted by molar-refractivity contribution is 5.75. The predicted octanol–water partition coefficient (Wildman–Crippen LogP) is 2.21. The van der Waals surface area contributed by atoms with Gasteiger partial charge in [-0.05, 0) is 25.5 Å². The van der Waals surface area contributed by atoms with Gasteiger partial charge in [-0.25, -0.2) is 0 Å². The molecule has 3 heteroatoms. The van der Waals surface area contributed by atoms with Gasteiger partial charge in [0, 0.05) is 26.6 Å². The summed E-state index contributed by atoms with van der Waals surface area (Å²) >= 11 is 0. The van der Waals surface area contributed by atoms with E-state index in [4.69, 9.17) is 0 Å². The van der Waals surface area contributed by atoms with Crippen molar-refractivity contribution in [3.8, 4) is 0 Å². The van der Waals surface area contributed by atoms with Gasteiger partial charge in [-0.2, -0.15) is 0 Å². The normalized spacial score (nSPS) is 12.2. The molecule has 0 heterocycles. The molecule has 0 aromatic heterocycles. The number of hydrogen-bond donors (Lipinski definition) is 1. The minimum Gasteiger partial charge on any atom is -0.349 e. The van der Waals surface area contributed by atoms with Crippen molar-refractivity contribution in [2.75, 3.05) is 20.6 Å². The van der Waals surface area contributed by atoms with E-state index in [-0.39, 0.29) is 5.91 Å². The van der Waals surface area contributed by atoms with E-state index in [0.717, 1.165) is 13.0 Å². The number of carbonyl (C=O) groups is 1. The number of nitrogens with one attached hydrogen (secondary N) is 1. The predicted molar refractivity (Wildman–Crippen MR) is 70.8 cm³/mol. The number of nitrogens with zero attached hydrogens (tertiary/aromatic N) is 1. The minimum atomic E-state index is 0.194. The highest BCUT2D eigenvalue weighted by Gasteiger charge is 2.05. The Morgan fingerprint density at radius 1 is 1.29 bits per heavy atom. The molecule has 0 spiro atoms. The Hall–Kier alpha value is -1.35. The third-order valence-electron chi connectivity index (χ3n) is 2.82. The van der Waals surface area contributed by atoms with Gasteiger partial charge in [0.2, 0.25) is 5.91 Å². The van der Waals surface area contributed by atoms with Gasteiger partial charge in [0.25, 0.3) is 0 Å². The quantitative estimate of drug-likeness (QED) is 0.765. The molecule has 0 aliphatic carbocycles. The lowest BCUT2D eigenvalue weighted by Crippen LogP contribution is -2.24. The fourth-order valence-corrected chi connectivity index (χ4v) is 1.64. The summed E-state index contributed by atoms with van der Waals surface area (Å²) in [5.74, 6) is 0.194. The molecule has 0 saturated carbocycles. The van der Waals surface area contributed by atoms with Gasteiger partial charge in [-0.1, -0.05) is 30.3 Å². The lowest BCUT2D eigenvalue weighted by molar-refractivity contribution is -0.128. The van der Waals surface area contributed by atoms with Gasteiger partial charge in [-0.15, -0.1) is 0 Å². The van der Waals surface area contributed by atoms with E-state index in [0.29, 0.717) is 12.5 Å². The van der Waals surface area contributed by atoms with E-state index in [2.05, 4.69) is 24.4 Å². The lowest BCUT2D eigenvalue weighted by atomic mass is 10.1. The zero-order chi connectivity index (χ0) is 12.7. The molecule has 1 aromatic rings. The van der Waals surface area contributed by atoms with Crippen LogP contribution in [0, 0.1) is 0 Å². The molecule has 0 bridgehead atoms. The average Bonchev–Trinajstić information content (AvgIpc) is 2.35. The maximum Gasteiger partial charge on any atom is 0.222 e. The van der Waals surface area contributed by atoms with Crippen LogP contribution in [0.1, 0.15) is 31.4 Å². The molecule has 1 atom stereocenters. The van der Waals surface area contributed by atoms with Crippen molar-refractivity contribution in [3.63, 3.8) is 0 Å². The Morgan fingerprint density at radius 2 is 1.94 bits per heavy atom. The van der Waals surface area contributed by atoms with Gasteiger partial charge in [0.05, 0.1) is 0 Å². The highest BCUT2D eigenvalue weighted by atomic mass is 16.2. The van der Waals surface area contributed by atoms with E-state index in [1.165, 1.54) is 5.56 Å². The summed E-state index contributed by atoms with van der Waals surface area (Å²) in [6.45, 7) is 3.01. The van der Waals surface area contributed by atoms with Crippen LogP contribution in [-0.4, -0.2) is 31.4 Å². The zero-order valence-corrected chi connectivity index (χ0v) is 10.9. The standard InChI is InChI=1S/C14H22N2O/c1-12(13-8-5-4-6-9-13)15-11-7-10-14(17)16(2)3/h4-6,8-9,12,15H,7,10-11H2,1-3H3/t12-/m1/s1. The summed E-state index contributed by atoms with van der Waals surface area (Å²) < 4.78 is 0. The molecule has 0 aliphatic heterocycles. The van der Waals surface area contributed by atoms with Gasteiger partial charge in [0.15, 0.2) is 0 Å². The monoisotopic (exact) mass is 234 g/mol. The summed E-state index contributed by atoms with van der Waals surface area (Å²) in [7, 11) is 3.59. The van der Waals surface area contributed by atoms with Crippen molar-refractivity contribution in [2.24, 2.45) is 0 Å². The number of benzene rings is 1. The SMILES string of the molecule is C[C@@H](NCCCC(=O)N(C)C)c1ccccc1. The molecule has 17 heavy (non-hydrogen) atoms. The van der Waals surface area contributed by atoms with Crippen molar-refractivity contribution in [2.45, 2.75) is 25.8 Å². The number of rotatable bonds is 6. The van der Waals surface area contributed by atoms with Gasteiger partial charge < -0.3 is 10.2 Å². The second-order valence-electron chi connectivity index (χ2n) is 4.48. The summed E-state index contributed by atoms with van der Waals surface area (Å²) in [5.41, 5.74) is 1.28. The van der Waals surface area contributed by atoms with Crippen molar-refractivity contribution in [1.29, 1.82) is 0 Å². The van der Waals surface area contributed by atoms with Crippen molar-refractivity contribution >= 4 is 5.91 Å². The Kier molecular flexibility index (Phi) is 5.70. The molecule has 1 amide bonds. The number of carbonyl (C=O) groups excluding carboxylic acids is 1. The third kappa shape index (κ3) is 5.00. The first kappa shape index (κ1) is 13.7. The maximum atomic E-state index is 11.4. The summed E-state index contributed by atoms with van der Waals surface area (Å²) in [4.78, 5) is 13.0. The zero-order valence-electron chi connectivity index (χ0n) is 10.9. The molecule has 0 unspecified atom stereocenters. The van der Waals surface area contributed by atoms with E-state index >= 15 is 0 Å². The second kappa shape index (κ2) is 7.07. The summed E-state index contributed by atoms with van der Waals surface area (Å²) in [6, 6.07) is 10.7. The molecule has 0 radical (unpaired) electrons. The minimum absolute atomic E-state index is 0.194. The van der Waals surface area contributed by atoms with E-state index in [1.54, 1.807) is 19.0 Å². The van der Waals surface area contributed by atoms with Crippen molar-refractivity contribution in [3.05, 3.63) is 35.9 Å². The molecule has 0 saturated heterocycles. The van der Waals surface area contributed by atoms with Crippen LogP contribution in [-0.2, 0) is 4.79 Å². The first-order valence-electron chi connectivity index (χ1n) is 6.09. The van der Waals surface area contributed by atoms with Crippen LogP contribution < -0.4 is 5.32 Å². The number of hydrogen-bond acceptors (Lipinski definition) is 2. The molecular weight excluding hydrogens is 212 g/mol. The van der Waals surface area contributed by atoms with Crippen LogP contribution in [0.15, 0.2) is 30.3 Å². The molecule has 94 valence electrons. The van der Waals surface area contributed by atoms with E-state index in [9.17, 15) is 4.79 Å². The van der Waals surface area contributed by atoms with Crippen molar-refractivity contribution < 1.29 is 4.79 Å². The van der Waals surface area contributed by atoms with Crippen LogP contribution in [0.2, 0.25) is 0 Å². The van der Waals surface area contributed by atoms with Gasteiger partial charge >= 0.3 is 0 Å². The molecule has 0 aliphatic rings. The fraction of sp³-hybridized carbons (Fsp3) is 0.500. The molecule has 1 aromatic carbocycles. The first-order chi connectivity index (χ1) is 8.11. The smallest absolute Gasteiger partial charge is 0.222 e. The summed E-state index contributed by atoms with van der Waals surface area (Å²) in [6.07, 6.45) is 1.50. The Labute approximate surface area is 104 Å². The van der Waals surface area contributed by atoms with E-state index in [1.807, 2.05) is 18.2 Å². The first-order valence-corrected chi connectivity index (χ1v) is 6.09. The Morgan fingerprint density at radius 3 is 2.53 bits per heavy atom. The van der Waals surface area contributed by atoms with Crippen molar-refractivity contribution in [1.82, 2.24) is 10.2 Å². The van der Waals surface area contributed by atoms with Crippen LogP contribution in [0.4, 0.5) is 0 Å². The lowest BCUT2D eigenvalue weighted by Gasteiger charge is -2.14. The fourth-order valence-electron chi connectivity index (χ4n) is 1.64.